The second-order valence-electron chi connectivity index (χ2n) is 7.04. The molecule has 1 aliphatic heterocycles. The predicted octanol–water partition coefficient (Wildman–Crippen LogP) is 2.30. The number of aryl methyl sites for hydroxylation is 2. The fraction of sp³-hybridized carbons (Fsp3) is 0.556. The highest BCUT2D eigenvalue weighted by molar-refractivity contribution is 8.00. The smallest absolute Gasteiger partial charge is 0.254 e. The molecule has 3 heterocycles. The number of aromatic nitrogens is 3. The minimum Gasteiger partial charge on any atom is -0.444 e. The molecule has 2 aromatic heterocycles. The molecule has 4 rings (SSSR count). The van der Waals surface area contributed by atoms with Crippen LogP contribution in [0.25, 0.3) is 0 Å². The number of furan rings is 1. The molecule has 1 unspecified atom stereocenters. The maximum Gasteiger partial charge on any atom is 0.254 e. The highest BCUT2D eigenvalue weighted by atomic mass is 32.2. The van der Waals surface area contributed by atoms with E-state index >= 15 is 0 Å². The van der Waals surface area contributed by atoms with Gasteiger partial charge in [0.1, 0.15) is 17.1 Å². The molecule has 2 aliphatic rings. The zero-order chi connectivity index (χ0) is 19.0. The number of thioether (sulfide) groups is 1. The molecule has 0 aromatic carbocycles. The largest absolute Gasteiger partial charge is 0.444 e. The van der Waals surface area contributed by atoms with Gasteiger partial charge in [-0.1, -0.05) is 18.2 Å². The van der Waals surface area contributed by atoms with Crippen LogP contribution in [0, 0.1) is 0 Å². The van der Waals surface area contributed by atoms with Gasteiger partial charge in [-0.3, -0.25) is 14.9 Å². The van der Waals surface area contributed by atoms with Gasteiger partial charge in [0.25, 0.3) is 5.91 Å². The molecule has 2 aromatic rings. The van der Waals surface area contributed by atoms with Gasteiger partial charge < -0.3 is 14.7 Å². The van der Waals surface area contributed by atoms with E-state index in [-0.39, 0.29) is 11.8 Å². The Morgan fingerprint density at radius 3 is 2.85 bits per heavy atom. The third-order valence-corrected chi connectivity index (χ3v) is 6.21. The van der Waals surface area contributed by atoms with Crippen LogP contribution >= 0.6 is 11.8 Å². The van der Waals surface area contributed by atoms with E-state index in [1.807, 2.05) is 0 Å². The lowest BCUT2D eigenvalue weighted by Crippen LogP contribution is -2.25. The van der Waals surface area contributed by atoms with E-state index in [1.165, 1.54) is 18.2 Å². The Morgan fingerprint density at radius 2 is 2.04 bits per heavy atom. The summed E-state index contributed by atoms with van der Waals surface area (Å²) in [5.41, 5.74) is 6.65. The number of carbonyl (C=O) groups is 2. The Bertz CT molecular complexity index is 888. The van der Waals surface area contributed by atoms with Gasteiger partial charge in [0.05, 0.1) is 5.25 Å². The number of nitrogens with two attached hydrogens (primary N) is 1. The van der Waals surface area contributed by atoms with Crippen LogP contribution in [-0.2, 0) is 30.6 Å². The van der Waals surface area contributed by atoms with Crippen LogP contribution in [0.2, 0.25) is 0 Å². The number of nitrogens with zero attached hydrogens (tertiary/aromatic N) is 3. The molecule has 0 spiro atoms. The van der Waals surface area contributed by atoms with Crippen LogP contribution in [-0.4, -0.2) is 31.8 Å². The number of fused-ring (bicyclic) bond motifs is 2. The van der Waals surface area contributed by atoms with Crippen molar-refractivity contribution in [2.45, 2.75) is 68.8 Å². The van der Waals surface area contributed by atoms with E-state index in [4.69, 9.17) is 10.2 Å². The first-order valence-electron chi connectivity index (χ1n) is 9.38. The van der Waals surface area contributed by atoms with Gasteiger partial charge in [-0.2, -0.15) is 0 Å². The number of anilines is 1. The summed E-state index contributed by atoms with van der Waals surface area (Å²) in [7, 11) is 0. The van der Waals surface area contributed by atoms with Crippen molar-refractivity contribution in [3.05, 3.63) is 22.7 Å². The van der Waals surface area contributed by atoms with Crippen LogP contribution in [0.1, 0.15) is 60.1 Å². The number of hydrogen-bond acceptors (Lipinski definition) is 6. The summed E-state index contributed by atoms with van der Waals surface area (Å²) in [5, 5.41) is 11.6. The molecule has 1 atom stereocenters. The molecule has 8 nitrogen and oxygen atoms in total. The number of primary amides is 1. The van der Waals surface area contributed by atoms with Crippen molar-refractivity contribution < 1.29 is 14.0 Å². The molecular formula is C18H23N5O3S. The standard InChI is InChI=1S/C18H23N5O3S/c1-10(27-18-22-21-13-8-3-2-4-9-23(13)18)16(25)20-17-14(15(19)24)11-6-5-7-12(11)26-17/h10H,2-9H2,1H3,(H2,19,24)(H,20,25). The average Bonchev–Trinajstić information content (AvgIpc) is 3.25. The Balaban J connectivity index is 1.48. The number of nitrogens with one attached hydrogen (secondary N) is 1. The number of carbonyl (C=O) groups excluding carboxylic acids is 2. The first kappa shape index (κ1) is 18.1. The molecule has 0 bridgehead atoms. The summed E-state index contributed by atoms with van der Waals surface area (Å²) < 4.78 is 7.82. The fourth-order valence-corrected chi connectivity index (χ4v) is 4.62. The molecule has 0 saturated carbocycles. The summed E-state index contributed by atoms with van der Waals surface area (Å²) in [6.45, 7) is 2.69. The van der Waals surface area contributed by atoms with Crippen LogP contribution in [0.4, 0.5) is 5.88 Å². The zero-order valence-electron chi connectivity index (χ0n) is 15.3. The number of amides is 2. The van der Waals surface area contributed by atoms with Crippen LogP contribution in [0.15, 0.2) is 9.57 Å². The van der Waals surface area contributed by atoms with Gasteiger partial charge >= 0.3 is 0 Å². The molecule has 144 valence electrons. The molecule has 1 aliphatic carbocycles. The fourth-order valence-electron chi connectivity index (χ4n) is 3.72. The lowest BCUT2D eigenvalue weighted by atomic mass is 10.1. The number of rotatable bonds is 5. The Kier molecular flexibility index (Phi) is 4.94. The van der Waals surface area contributed by atoms with Crippen LogP contribution in [0.5, 0.6) is 0 Å². The first-order chi connectivity index (χ1) is 13.0. The van der Waals surface area contributed by atoms with E-state index in [2.05, 4.69) is 20.1 Å². The minimum atomic E-state index is -0.569. The maximum absolute atomic E-state index is 12.7. The summed E-state index contributed by atoms with van der Waals surface area (Å²) in [6.07, 6.45) is 6.78. The Morgan fingerprint density at radius 1 is 1.19 bits per heavy atom. The van der Waals surface area contributed by atoms with Crippen molar-refractivity contribution in [2.75, 3.05) is 5.32 Å². The average molecular weight is 389 g/mol. The van der Waals surface area contributed by atoms with Crippen molar-refractivity contribution in [1.82, 2.24) is 14.8 Å². The summed E-state index contributed by atoms with van der Waals surface area (Å²) in [5.74, 6) is 1.09. The summed E-state index contributed by atoms with van der Waals surface area (Å²) in [6, 6.07) is 0. The van der Waals surface area contributed by atoms with E-state index in [9.17, 15) is 9.59 Å². The first-order valence-corrected chi connectivity index (χ1v) is 10.3. The van der Waals surface area contributed by atoms with Gasteiger partial charge in [0.2, 0.25) is 11.8 Å². The molecule has 9 heteroatoms. The highest BCUT2D eigenvalue weighted by Crippen LogP contribution is 2.34. The molecular weight excluding hydrogens is 366 g/mol. The van der Waals surface area contributed by atoms with Crippen molar-refractivity contribution in [3.8, 4) is 0 Å². The van der Waals surface area contributed by atoms with Crippen molar-refractivity contribution >= 4 is 29.5 Å². The van der Waals surface area contributed by atoms with Crippen molar-refractivity contribution in [2.24, 2.45) is 5.73 Å². The molecule has 0 saturated heterocycles. The lowest BCUT2D eigenvalue weighted by Gasteiger charge is -2.12. The molecule has 3 N–H and O–H groups in total. The van der Waals surface area contributed by atoms with Gasteiger partial charge in [-0.25, -0.2) is 0 Å². The SMILES string of the molecule is CC(Sc1nnc2n1CCCCC2)C(=O)Nc1oc2c(c1C(N)=O)CCC2. The van der Waals surface area contributed by atoms with E-state index in [0.29, 0.717) is 5.56 Å². The third-order valence-electron chi connectivity index (χ3n) is 5.13. The lowest BCUT2D eigenvalue weighted by molar-refractivity contribution is -0.115. The van der Waals surface area contributed by atoms with Crippen LogP contribution < -0.4 is 11.1 Å². The quantitative estimate of drug-likeness (QED) is 0.758. The second-order valence-corrected chi connectivity index (χ2v) is 8.34. The monoisotopic (exact) mass is 389 g/mol. The predicted molar refractivity (Wildman–Crippen MR) is 101 cm³/mol. The van der Waals surface area contributed by atoms with Gasteiger partial charge in [-0.15, -0.1) is 10.2 Å². The molecule has 0 fully saturated rings. The van der Waals surface area contributed by atoms with Gasteiger partial charge in [0.15, 0.2) is 5.16 Å². The topological polar surface area (TPSA) is 116 Å². The van der Waals surface area contributed by atoms with Crippen molar-refractivity contribution in [1.29, 1.82) is 0 Å². The number of hydrogen-bond donors (Lipinski definition) is 2. The van der Waals surface area contributed by atoms with E-state index < -0.39 is 11.2 Å². The summed E-state index contributed by atoms with van der Waals surface area (Å²) in [4.78, 5) is 24.5. The highest BCUT2D eigenvalue weighted by Gasteiger charge is 2.29. The normalized spacial score (nSPS) is 17.1. The van der Waals surface area contributed by atoms with Crippen LogP contribution in [0.3, 0.4) is 0 Å². The molecule has 0 radical (unpaired) electrons. The second kappa shape index (κ2) is 7.38. The van der Waals surface area contributed by atoms with E-state index in [1.54, 1.807) is 6.92 Å². The Labute approximate surface area is 161 Å². The third kappa shape index (κ3) is 3.47. The van der Waals surface area contributed by atoms with E-state index in [0.717, 1.165) is 67.4 Å². The minimum absolute atomic E-state index is 0.171. The summed E-state index contributed by atoms with van der Waals surface area (Å²) >= 11 is 1.37. The Hall–Kier alpha value is -2.29. The molecule has 2 amide bonds. The molecule has 27 heavy (non-hydrogen) atoms. The zero-order valence-corrected chi connectivity index (χ0v) is 16.1. The van der Waals surface area contributed by atoms with Crippen molar-refractivity contribution in [3.63, 3.8) is 0 Å². The van der Waals surface area contributed by atoms with Gasteiger partial charge in [0, 0.05) is 24.9 Å². The maximum atomic E-state index is 12.7. The van der Waals surface area contributed by atoms with Gasteiger partial charge in [-0.05, 0) is 32.6 Å².